The molecule has 0 aromatic heterocycles. The van der Waals surface area contributed by atoms with Gasteiger partial charge in [-0.2, -0.15) is 65.5 Å². The molecule has 0 aromatic rings. The van der Waals surface area contributed by atoms with E-state index in [0.717, 1.165) is 0 Å². The summed E-state index contributed by atoms with van der Waals surface area (Å²) < 4.78 is 218. The van der Waals surface area contributed by atoms with Crippen molar-refractivity contribution in [3.63, 3.8) is 0 Å². The molecule has 0 radical (unpaired) electrons. The predicted octanol–water partition coefficient (Wildman–Crippen LogP) is 3.43. The molecule has 0 spiro atoms. The summed E-state index contributed by atoms with van der Waals surface area (Å²) in [7, 11) is -8.04. The number of carbonyl (C=O) groups excluding carboxylic acids is 2. The molecule has 5 nitrogen and oxygen atoms in total. The molecule has 21 heteroatoms. The van der Waals surface area contributed by atoms with E-state index >= 15 is 0 Å². The van der Waals surface area contributed by atoms with Gasteiger partial charge in [-0.15, -0.1) is 3.89 Å². The fraction of sp³-hybridized carbons (Fsp3) is 0.800. The van der Waals surface area contributed by atoms with Crippen LogP contribution in [0, 0.1) is 0 Å². The van der Waals surface area contributed by atoms with E-state index < -0.39 is 62.8 Å². The van der Waals surface area contributed by atoms with Crippen LogP contribution < -0.4 is 0 Å². The van der Waals surface area contributed by atoms with E-state index in [-0.39, 0.29) is 7.11 Å². The Kier molecular flexibility index (Phi) is 6.83. The fourth-order valence-electron chi connectivity index (χ4n) is 1.55. The van der Waals surface area contributed by atoms with Gasteiger partial charge in [-0.25, -0.2) is 9.18 Å². The molecule has 0 bridgehead atoms. The highest BCUT2D eigenvalue weighted by atomic mass is 32.3. The molecule has 0 heterocycles. The molecule has 0 amide bonds. The first-order chi connectivity index (χ1) is 13.1. The van der Waals surface area contributed by atoms with Gasteiger partial charge in [0.1, 0.15) is 0 Å². The van der Waals surface area contributed by atoms with Crippen molar-refractivity contribution < 1.29 is 88.1 Å². The topological polar surface area (TPSA) is 77.5 Å². The van der Waals surface area contributed by atoms with E-state index in [4.69, 9.17) is 0 Å². The molecule has 0 aliphatic rings. The number of hydrogen-bond acceptors (Lipinski definition) is 5. The molecule has 0 aliphatic heterocycles. The largest absolute Gasteiger partial charge is 0.465 e. The number of Topliss-reactive ketones (excluding diaryl/α,β-unsaturated/α-hetero) is 1. The number of alkyl halides is 14. The lowest BCUT2D eigenvalue weighted by molar-refractivity contribution is -0.436. The van der Waals surface area contributed by atoms with Crippen LogP contribution >= 0.6 is 0 Å². The lowest BCUT2D eigenvalue weighted by atomic mass is 9.91. The summed E-state index contributed by atoms with van der Waals surface area (Å²) in [5.74, 6) is -50.6. The van der Waals surface area contributed by atoms with Crippen molar-refractivity contribution in [1.29, 1.82) is 0 Å². The van der Waals surface area contributed by atoms with Crippen LogP contribution in [0.1, 0.15) is 0 Å². The van der Waals surface area contributed by atoms with Crippen molar-refractivity contribution in [2.75, 3.05) is 7.11 Å². The molecule has 0 saturated heterocycles. The lowest BCUT2D eigenvalue weighted by Gasteiger charge is -2.39. The number of ketones is 1. The molecule has 0 aliphatic carbocycles. The van der Waals surface area contributed by atoms with Crippen molar-refractivity contribution in [2.24, 2.45) is 0 Å². The minimum atomic E-state index is -8.62. The fourth-order valence-corrected chi connectivity index (χ4v) is 2.18. The molecule has 0 aromatic carbocycles. The van der Waals surface area contributed by atoms with Crippen LogP contribution in [0.5, 0.6) is 0 Å². The van der Waals surface area contributed by atoms with E-state index in [9.17, 15) is 83.4 Å². The first-order valence-electron chi connectivity index (χ1n) is 6.36. The summed E-state index contributed by atoms with van der Waals surface area (Å²) in [6.07, 6.45) is -7.80. The maximum absolute atomic E-state index is 13.9. The van der Waals surface area contributed by atoms with Crippen LogP contribution in [0.3, 0.4) is 0 Å². The summed E-state index contributed by atoms with van der Waals surface area (Å²) in [6, 6.07) is 0. The van der Waals surface area contributed by atoms with Crippen molar-refractivity contribution in [2.45, 2.75) is 40.8 Å². The van der Waals surface area contributed by atoms with Gasteiger partial charge in [0.05, 0.1) is 7.11 Å². The van der Waals surface area contributed by atoms with Crippen molar-refractivity contribution >= 4 is 22.0 Å². The van der Waals surface area contributed by atoms with Gasteiger partial charge in [-0.3, -0.25) is 4.79 Å². The van der Waals surface area contributed by atoms with E-state index in [1.54, 1.807) is 0 Å². The highest BCUT2D eigenvalue weighted by Gasteiger charge is 2.93. The van der Waals surface area contributed by atoms with Crippen LogP contribution in [-0.4, -0.2) is 68.1 Å². The minimum absolute atomic E-state index is 0.224. The first-order valence-corrected chi connectivity index (χ1v) is 7.74. The Hall–Kier alpha value is -1.96. The van der Waals surface area contributed by atoms with Crippen molar-refractivity contribution in [3.8, 4) is 0 Å². The Morgan fingerprint density at radius 1 is 0.645 bits per heavy atom. The van der Waals surface area contributed by atoms with Gasteiger partial charge in [-0.05, 0) is 0 Å². The number of methoxy groups -OCH3 is 1. The zero-order valence-electron chi connectivity index (χ0n) is 13.6. The molecule has 0 saturated carbocycles. The first kappa shape index (κ1) is 29.0. The van der Waals surface area contributed by atoms with Gasteiger partial charge in [0.2, 0.25) is 0 Å². The average molecular weight is 520 g/mol. The second kappa shape index (κ2) is 7.29. The summed E-state index contributed by atoms with van der Waals surface area (Å²) in [4.78, 5) is 21.9. The van der Waals surface area contributed by atoms with E-state index in [2.05, 4.69) is 4.74 Å². The number of rotatable bonds is 8. The number of carbonyl (C=O) groups is 2. The summed E-state index contributed by atoms with van der Waals surface area (Å²) in [5.41, 5.74) is 0. The zero-order valence-corrected chi connectivity index (χ0v) is 14.4. The third kappa shape index (κ3) is 3.66. The Morgan fingerprint density at radius 3 is 1.23 bits per heavy atom. The number of halogens is 15. The number of esters is 1. The smallest absolute Gasteiger partial charge is 0.460 e. The molecule has 1 unspecified atom stereocenters. The Labute approximate surface area is 159 Å². The van der Waals surface area contributed by atoms with Crippen molar-refractivity contribution in [3.05, 3.63) is 0 Å². The third-order valence-electron chi connectivity index (χ3n) is 3.29. The lowest BCUT2D eigenvalue weighted by Crippen LogP contribution is -2.73. The van der Waals surface area contributed by atoms with E-state index in [1.807, 2.05) is 0 Å². The number of ether oxygens (including phenoxy) is 1. The van der Waals surface area contributed by atoms with Crippen LogP contribution in [0.15, 0.2) is 0 Å². The molecule has 184 valence electrons. The van der Waals surface area contributed by atoms with E-state index in [1.165, 1.54) is 0 Å². The highest BCUT2D eigenvalue weighted by Crippen LogP contribution is 2.60. The molecule has 0 rings (SSSR count). The Balaban J connectivity index is 6.98. The SMILES string of the molecule is COC(=O)C(F)(C(=O)C(F)(F)C(F)(F)C(F)(F)C(F)(F)C(F)(F)C(F)(F)F)S(=O)(=O)F. The normalized spacial score (nSPS) is 17.2. The standard InChI is InChI=1S/C10H3F15O5S/c1-30-3(27)4(11,31(25,28)29)2(26)5(12,13)6(14,15)7(16,17)8(18,19)9(20,21)10(22,23)24/h1H3. The summed E-state index contributed by atoms with van der Waals surface area (Å²) >= 11 is 0. The van der Waals surface area contributed by atoms with Crippen LogP contribution in [-0.2, 0) is 24.5 Å². The molecule has 1 atom stereocenters. The van der Waals surface area contributed by atoms with Crippen LogP contribution in [0.2, 0.25) is 0 Å². The highest BCUT2D eigenvalue weighted by molar-refractivity contribution is 7.89. The van der Waals surface area contributed by atoms with Gasteiger partial charge in [0.25, 0.3) is 5.78 Å². The minimum Gasteiger partial charge on any atom is -0.465 e. The second-order valence-electron chi connectivity index (χ2n) is 5.22. The van der Waals surface area contributed by atoms with Gasteiger partial charge >= 0.3 is 57.0 Å². The van der Waals surface area contributed by atoms with Crippen LogP contribution in [0.25, 0.3) is 0 Å². The average Bonchev–Trinajstić information content (AvgIpc) is 2.56. The molecule has 0 fully saturated rings. The zero-order chi connectivity index (χ0) is 25.9. The molecular weight excluding hydrogens is 517 g/mol. The monoisotopic (exact) mass is 520 g/mol. The summed E-state index contributed by atoms with van der Waals surface area (Å²) in [5, 5.41) is -6.66. The van der Waals surface area contributed by atoms with Crippen molar-refractivity contribution in [1.82, 2.24) is 0 Å². The maximum Gasteiger partial charge on any atom is 0.460 e. The van der Waals surface area contributed by atoms with Gasteiger partial charge in [0.15, 0.2) is 0 Å². The quantitative estimate of drug-likeness (QED) is 0.212. The van der Waals surface area contributed by atoms with Crippen LogP contribution in [0.4, 0.5) is 65.4 Å². The molecule has 0 N–H and O–H groups in total. The third-order valence-corrected chi connectivity index (χ3v) is 4.32. The van der Waals surface area contributed by atoms with Gasteiger partial charge in [-0.1, -0.05) is 0 Å². The molecule has 31 heavy (non-hydrogen) atoms. The Bertz CT molecular complexity index is 845. The Morgan fingerprint density at radius 2 is 0.968 bits per heavy atom. The van der Waals surface area contributed by atoms with E-state index in [0.29, 0.717) is 0 Å². The van der Waals surface area contributed by atoms with Gasteiger partial charge in [0, 0.05) is 0 Å². The van der Waals surface area contributed by atoms with Gasteiger partial charge < -0.3 is 4.74 Å². The second-order valence-corrected chi connectivity index (χ2v) is 6.66. The predicted molar refractivity (Wildman–Crippen MR) is 61.7 cm³/mol. The summed E-state index contributed by atoms with van der Waals surface area (Å²) in [6.45, 7) is 0. The number of hydrogen-bond donors (Lipinski definition) is 0. The molecular formula is C10H3F15O5S. The maximum atomic E-state index is 13.9.